The number of aromatic nitrogens is 2. The first-order chi connectivity index (χ1) is 7.74. The van der Waals surface area contributed by atoms with E-state index in [-0.39, 0.29) is 10.3 Å². The number of nitrogens with one attached hydrogen (secondary N) is 1. The Morgan fingerprint density at radius 3 is 2.88 bits per heavy atom. The van der Waals surface area contributed by atoms with Gasteiger partial charge >= 0.3 is 0 Å². The molecule has 0 spiro atoms. The first kappa shape index (κ1) is 10.8. The Labute approximate surface area is 96.9 Å². The molecule has 0 saturated carbocycles. The summed E-state index contributed by atoms with van der Waals surface area (Å²) in [6.07, 6.45) is 1.37. The average Bonchev–Trinajstić information content (AvgIpc) is 2.33. The molecule has 0 amide bonds. The minimum absolute atomic E-state index is 0.0559. The van der Waals surface area contributed by atoms with Gasteiger partial charge in [-0.3, -0.25) is 0 Å². The highest BCUT2D eigenvalue weighted by Gasteiger charge is 2.11. The highest BCUT2D eigenvalue weighted by Crippen LogP contribution is 2.29. The number of hydrogen-bond acceptors (Lipinski definition) is 3. The van der Waals surface area contributed by atoms with Gasteiger partial charge in [0.05, 0.1) is 19.1 Å². The number of aromatic amines is 1. The van der Waals surface area contributed by atoms with Crippen molar-refractivity contribution in [3.63, 3.8) is 0 Å². The Morgan fingerprint density at radius 1 is 1.38 bits per heavy atom. The van der Waals surface area contributed by atoms with Crippen molar-refractivity contribution in [3.8, 4) is 17.0 Å². The van der Waals surface area contributed by atoms with E-state index >= 15 is 0 Å². The Kier molecular flexibility index (Phi) is 2.96. The van der Waals surface area contributed by atoms with Crippen LogP contribution in [0.25, 0.3) is 11.3 Å². The third-order valence-electron chi connectivity index (χ3n) is 2.17. The monoisotopic (exact) mass is 236 g/mol. The summed E-state index contributed by atoms with van der Waals surface area (Å²) in [5.41, 5.74) is 0.911. The van der Waals surface area contributed by atoms with Gasteiger partial charge in [0.15, 0.2) is 10.5 Å². The molecule has 1 N–H and O–H groups in total. The lowest BCUT2D eigenvalue weighted by molar-refractivity contribution is 0.416. The highest BCUT2D eigenvalue weighted by molar-refractivity contribution is 7.71. The lowest BCUT2D eigenvalue weighted by Crippen LogP contribution is -1.95. The molecule has 16 heavy (non-hydrogen) atoms. The molecule has 0 aliphatic rings. The summed E-state index contributed by atoms with van der Waals surface area (Å²) >= 11 is 4.77. The molecule has 2 aromatic rings. The van der Waals surface area contributed by atoms with Gasteiger partial charge in [-0.25, -0.2) is 9.37 Å². The van der Waals surface area contributed by atoms with Crippen molar-refractivity contribution in [2.75, 3.05) is 7.11 Å². The zero-order chi connectivity index (χ0) is 11.5. The van der Waals surface area contributed by atoms with Gasteiger partial charge in [-0.15, -0.1) is 0 Å². The lowest BCUT2D eigenvalue weighted by Gasteiger charge is -2.08. The Bertz CT molecular complexity index is 568. The molecule has 0 atom stereocenters. The molecular formula is C11H9FN2OS. The van der Waals surface area contributed by atoms with Crippen molar-refractivity contribution in [1.29, 1.82) is 0 Å². The number of benzene rings is 1. The molecule has 1 aromatic heterocycles. The van der Waals surface area contributed by atoms with E-state index in [4.69, 9.17) is 17.0 Å². The average molecular weight is 236 g/mol. The fraction of sp³-hybridized carbons (Fsp3) is 0.0909. The number of hydrogen-bond donors (Lipinski definition) is 1. The predicted molar refractivity (Wildman–Crippen MR) is 61.4 cm³/mol. The molecule has 0 unspecified atom stereocenters. The zero-order valence-corrected chi connectivity index (χ0v) is 9.34. The summed E-state index contributed by atoms with van der Waals surface area (Å²) in [6.45, 7) is 0. The normalized spacial score (nSPS) is 10.1. The van der Waals surface area contributed by atoms with E-state index in [1.165, 1.54) is 13.4 Å². The minimum atomic E-state index is -0.540. The molecular weight excluding hydrogens is 227 g/mol. The number of H-pyrrole nitrogens is 1. The molecule has 1 aromatic carbocycles. The second kappa shape index (κ2) is 4.40. The number of para-hydroxylation sites is 1. The lowest BCUT2D eigenvalue weighted by atomic mass is 10.1. The van der Waals surface area contributed by atoms with Crippen molar-refractivity contribution in [3.05, 3.63) is 41.1 Å². The zero-order valence-electron chi connectivity index (χ0n) is 8.53. The van der Waals surface area contributed by atoms with Gasteiger partial charge in [-0.05, 0) is 12.1 Å². The van der Waals surface area contributed by atoms with E-state index < -0.39 is 5.82 Å². The van der Waals surface area contributed by atoms with Crippen LogP contribution in [0.1, 0.15) is 0 Å². The van der Waals surface area contributed by atoms with Gasteiger partial charge in [0.1, 0.15) is 5.75 Å². The van der Waals surface area contributed by atoms with Crippen LogP contribution in [0.4, 0.5) is 4.39 Å². The number of halogens is 1. The number of rotatable bonds is 2. The van der Waals surface area contributed by atoms with Gasteiger partial charge in [0.2, 0.25) is 0 Å². The van der Waals surface area contributed by atoms with E-state index in [0.29, 0.717) is 11.3 Å². The summed E-state index contributed by atoms with van der Waals surface area (Å²) < 4.78 is 18.8. The maximum atomic E-state index is 13.8. The largest absolute Gasteiger partial charge is 0.496 e. The van der Waals surface area contributed by atoms with Crippen LogP contribution in [0.15, 0.2) is 30.6 Å². The Morgan fingerprint density at radius 2 is 2.12 bits per heavy atom. The summed E-state index contributed by atoms with van der Waals surface area (Å²) in [5, 5.41) is 0. The molecule has 3 nitrogen and oxygen atoms in total. The summed E-state index contributed by atoms with van der Waals surface area (Å²) in [6, 6.07) is 7.12. The molecule has 5 heteroatoms. The summed E-state index contributed by atoms with van der Waals surface area (Å²) in [5.74, 6) is 0.0419. The predicted octanol–water partition coefficient (Wildman–Crippen LogP) is 2.95. The van der Waals surface area contributed by atoms with Gasteiger partial charge in [-0.2, -0.15) is 0 Å². The number of ether oxygens (including phenoxy) is 1. The van der Waals surface area contributed by atoms with Crippen LogP contribution < -0.4 is 4.74 Å². The quantitative estimate of drug-likeness (QED) is 0.815. The third-order valence-corrected chi connectivity index (χ3v) is 2.46. The smallest absolute Gasteiger partial charge is 0.184 e. The van der Waals surface area contributed by atoms with Crippen molar-refractivity contribution in [2.45, 2.75) is 0 Å². The fourth-order valence-electron chi connectivity index (χ4n) is 1.43. The minimum Gasteiger partial charge on any atom is -0.496 e. The van der Waals surface area contributed by atoms with Gasteiger partial charge in [-0.1, -0.05) is 24.4 Å². The van der Waals surface area contributed by atoms with Crippen LogP contribution in [0.5, 0.6) is 5.75 Å². The summed E-state index contributed by atoms with van der Waals surface area (Å²) in [7, 11) is 1.53. The highest BCUT2D eigenvalue weighted by atomic mass is 32.1. The van der Waals surface area contributed by atoms with Crippen molar-refractivity contribution < 1.29 is 9.13 Å². The van der Waals surface area contributed by atoms with Crippen LogP contribution in [-0.2, 0) is 0 Å². The van der Waals surface area contributed by atoms with Crippen LogP contribution in [-0.4, -0.2) is 17.1 Å². The van der Waals surface area contributed by atoms with Crippen LogP contribution >= 0.6 is 12.2 Å². The van der Waals surface area contributed by atoms with Gasteiger partial charge in [0.25, 0.3) is 0 Å². The molecule has 0 radical (unpaired) electrons. The van der Waals surface area contributed by atoms with Crippen LogP contribution in [0.3, 0.4) is 0 Å². The topological polar surface area (TPSA) is 37.9 Å². The number of methoxy groups -OCH3 is 1. The molecule has 0 aliphatic heterocycles. The van der Waals surface area contributed by atoms with Gasteiger partial charge < -0.3 is 9.72 Å². The Hall–Kier alpha value is -1.75. The number of nitrogens with zero attached hydrogens (tertiary/aromatic N) is 1. The van der Waals surface area contributed by atoms with E-state index in [2.05, 4.69) is 9.97 Å². The van der Waals surface area contributed by atoms with E-state index in [1.54, 1.807) is 18.2 Å². The molecule has 82 valence electrons. The molecule has 2 rings (SSSR count). The molecule has 0 fully saturated rings. The first-order valence-electron chi connectivity index (χ1n) is 4.60. The van der Waals surface area contributed by atoms with Crippen molar-refractivity contribution in [2.24, 2.45) is 0 Å². The van der Waals surface area contributed by atoms with E-state index in [1.807, 2.05) is 6.07 Å². The molecule has 0 aliphatic carbocycles. The Balaban J connectivity index is 2.68. The second-order valence-corrected chi connectivity index (χ2v) is 3.48. The molecule has 0 bridgehead atoms. The van der Waals surface area contributed by atoms with Crippen molar-refractivity contribution in [1.82, 2.24) is 9.97 Å². The van der Waals surface area contributed by atoms with Crippen molar-refractivity contribution >= 4 is 12.2 Å². The maximum Gasteiger partial charge on any atom is 0.184 e. The standard InChI is InChI=1S/C11H9FN2OS/c1-15-8-5-3-2-4-7(8)10-9(12)11(16)14-6-13-10/h2-6H,1H3,(H,13,14,16). The third kappa shape index (κ3) is 1.81. The molecule has 0 saturated heterocycles. The SMILES string of the molecule is COc1ccccc1-c1[nH]cnc(=S)c1F. The maximum absolute atomic E-state index is 13.8. The van der Waals surface area contributed by atoms with E-state index in [9.17, 15) is 4.39 Å². The van der Waals surface area contributed by atoms with E-state index in [0.717, 1.165) is 0 Å². The van der Waals surface area contributed by atoms with Gasteiger partial charge in [0, 0.05) is 5.56 Å². The van der Waals surface area contributed by atoms with Crippen LogP contribution in [0.2, 0.25) is 0 Å². The summed E-state index contributed by atoms with van der Waals surface area (Å²) in [4.78, 5) is 6.40. The second-order valence-electron chi connectivity index (χ2n) is 3.10. The fourth-order valence-corrected chi connectivity index (χ4v) is 1.58. The first-order valence-corrected chi connectivity index (χ1v) is 5.01. The van der Waals surface area contributed by atoms with Crippen LogP contribution in [0, 0.1) is 10.5 Å². The molecule has 1 heterocycles.